The van der Waals surface area contributed by atoms with E-state index >= 15 is 0 Å². The van der Waals surface area contributed by atoms with E-state index in [9.17, 15) is 22.8 Å². The Morgan fingerprint density at radius 3 is 2.50 bits per heavy atom. The van der Waals surface area contributed by atoms with Crippen LogP contribution in [-0.4, -0.2) is 38.0 Å². The molecule has 2 aromatic rings. The van der Waals surface area contributed by atoms with Gasteiger partial charge in [0.15, 0.2) is 5.69 Å². The van der Waals surface area contributed by atoms with Crippen molar-refractivity contribution in [1.82, 2.24) is 19.6 Å². The van der Waals surface area contributed by atoms with Crippen LogP contribution < -0.4 is 5.32 Å². The lowest BCUT2D eigenvalue weighted by Gasteiger charge is -2.06. The van der Waals surface area contributed by atoms with Crippen molar-refractivity contribution in [3.8, 4) is 0 Å². The van der Waals surface area contributed by atoms with Crippen LogP contribution in [0.25, 0.3) is 0 Å². The maximum Gasteiger partial charge on any atom is 0.433 e. The average molecular weight is 345 g/mol. The van der Waals surface area contributed by atoms with E-state index in [1.165, 1.54) is 17.9 Å². The zero-order valence-electron chi connectivity index (χ0n) is 13.0. The molecule has 0 aliphatic carbocycles. The number of esters is 1. The van der Waals surface area contributed by atoms with Gasteiger partial charge in [0, 0.05) is 20.2 Å². The summed E-state index contributed by atoms with van der Waals surface area (Å²) in [4.78, 5) is 23.9. The van der Waals surface area contributed by atoms with Gasteiger partial charge in [-0.05, 0) is 6.92 Å². The molecule has 8 nitrogen and oxygen atoms in total. The molecular formula is C13H14F3N5O3. The van der Waals surface area contributed by atoms with Gasteiger partial charge in [-0.2, -0.15) is 23.4 Å². The molecule has 0 aliphatic heterocycles. The Balaban J connectivity index is 2.28. The number of carbonyl (C=O) groups is 2. The summed E-state index contributed by atoms with van der Waals surface area (Å²) < 4.78 is 44.8. The van der Waals surface area contributed by atoms with E-state index < -0.39 is 29.4 Å². The quantitative estimate of drug-likeness (QED) is 0.850. The normalized spacial score (nSPS) is 11.4. The lowest BCUT2D eigenvalue weighted by Crippen LogP contribution is -2.18. The zero-order valence-corrected chi connectivity index (χ0v) is 13.0. The summed E-state index contributed by atoms with van der Waals surface area (Å²) in [6.45, 7) is 1.73. The van der Waals surface area contributed by atoms with Gasteiger partial charge in [-0.25, -0.2) is 4.79 Å². The number of amides is 1. The Hall–Kier alpha value is -2.85. The van der Waals surface area contributed by atoms with Gasteiger partial charge < -0.3 is 10.1 Å². The number of rotatable bonds is 4. The van der Waals surface area contributed by atoms with Gasteiger partial charge in [0.25, 0.3) is 5.91 Å². The van der Waals surface area contributed by atoms with Gasteiger partial charge in [-0.15, -0.1) is 0 Å². The molecule has 0 unspecified atom stereocenters. The molecule has 2 aromatic heterocycles. The third-order valence-corrected chi connectivity index (χ3v) is 3.07. The second kappa shape index (κ2) is 6.34. The van der Waals surface area contributed by atoms with Crippen molar-refractivity contribution < 1.29 is 27.5 Å². The van der Waals surface area contributed by atoms with Gasteiger partial charge in [-0.3, -0.25) is 14.2 Å². The standard InChI is InChI=1S/C13H14F3N5O3/c1-4-24-12(23)7-6-17-21(3)10(7)18-11(22)8-5-9(13(14,15)16)20(2)19-8/h5-6H,4H2,1-3H3,(H,18,22). The van der Waals surface area contributed by atoms with Gasteiger partial charge in [0.2, 0.25) is 0 Å². The van der Waals surface area contributed by atoms with Crippen LogP contribution in [0, 0.1) is 0 Å². The largest absolute Gasteiger partial charge is 0.462 e. The summed E-state index contributed by atoms with van der Waals surface area (Å²) in [5.74, 6) is -1.62. The van der Waals surface area contributed by atoms with Crippen molar-refractivity contribution >= 4 is 17.7 Å². The minimum Gasteiger partial charge on any atom is -0.462 e. The fraction of sp³-hybridized carbons (Fsp3) is 0.385. The number of anilines is 1. The van der Waals surface area contributed by atoms with Crippen LogP contribution >= 0.6 is 0 Å². The van der Waals surface area contributed by atoms with Crippen molar-refractivity contribution in [1.29, 1.82) is 0 Å². The Morgan fingerprint density at radius 2 is 1.96 bits per heavy atom. The molecule has 1 N–H and O–H groups in total. The Labute approximate surface area is 134 Å². The van der Waals surface area contributed by atoms with E-state index in [2.05, 4.69) is 15.5 Å². The van der Waals surface area contributed by atoms with Crippen molar-refractivity contribution in [2.75, 3.05) is 11.9 Å². The molecule has 0 saturated heterocycles. The SMILES string of the molecule is CCOC(=O)c1cnn(C)c1NC(=O)c1cc(C(F)(F)F)n(C)n1. The number of aromatic nitrogens is 4. The summed E-state index contributed by atoms with van der Waals surface area (Å²) >= 11 is 0. The highest BCUT2D eigenvalue weighted by atomic mass is 19.4. The fourth-order valence-electron chi connectivity index (χ4n) is 1.96. The van der Waals surface area contributed by atoms with E-state index in [-0.39, 0.29) is 18.0 Å². The first-order chi connectivity index (χ1) is 11.1. The molecule has 2 rings (SSSR count). The summed E-state index contributed by atoms with van der Waals surface area (Å²) in [6, 6.07) is 0.621. The number of carbonyl (C=O) groups excluding carboxylic acids is 2. The third-order valence-electron chi connectivity index (χ3n) is 3.07. The first kappa shape index (κ1) is 17.5. The summed E-state index contributed by atoms with van der Waals surface area (Å²) in [6.07, 6.45) is -3.45. The van der Waals surface area contributed by atoms with E-state index in [1.807, 2.05) is 0 Å². The topological polar surface area (TPSA) is 91.0 Å². The Morgan fingerprint density at radius 1 is 1.29 bits per heavy atom. The van der Waals surface area contributed by atoms with Crippen LogP contribution in [0.2, 0.25) is 0 Å². The van der Waals surface area contributed by atoms with Gasteiger partial charge in [0.05, 0.1) is 12.8 Å². The monoisotopic (exact) mass is 345 g/mol. The second-order valence-electron chi connectivity index (χ2n) is 4.74. The summed E-state index contributed by atoms with van der Waals surface area (Å²) in [5, 5.41) is 9.68. The van der Waals surface area contributed by atoms with Crippen LogP contribution in [0.1, 0.15) is 33.5 Å². The number of hydrogen-bond acceptors (Lipinski definition) is 5. The molecule has 1 amide bonds. The molecule has 11 heteroatoms. The molecule has 0 atom stereocenters. The number of aryl methyl sites for hydroxylation is 2. The number of nitrogens with zero attached hydrogens (tertiary/aromatic N) is 4. The predicted octanol–water partition coefficient (Wildman–Crippen LogP) is 1.60. The molecule has 0 bridgehead atoms. The van der Waals surface area contributed by atoms with E-state index in [0.29, 0.717) is 10.7 Å². The summed E-state index contributed by atoms with van der Waals surface area (Å²) in [7, 11) is 2.53. The fourth-order valence-corrected chi connectivity index (χ4v) is 1.96. The van der Waals surface area contributed by atoms with Crippen LogP contribution in [0.4, 0.5) is 19.0 Å². The highest BCUT2D eigenvalue weighted by molar-refractivity contribution is 6.06. The van der Waals surface area contributed by atoms with Gasteiger partial charge in [-0.1, -0.05) is 0 Å². The molecule has 24 heavy (non-hydrogen) atoms. The molecule has 0 saturated carbocycles. The molecular weight excluding hydrogens is 331 g/mol. The van der Waals surface area contributed by atoms with Gasteiger partial charge in [0.1, 0.15) is 17.1 Å². The Kier molecular flexibility index (Phi) is 4.62. The lowest BCUT2D eigenvalue weighted by atomic mass is 10.3. The number of alkyl halides is 3. The molecule has 2 heterocycles. The van der Waals surface area contributed by atoms with Crippen LogP contribution in [-0.2, 0) is 25.0 Å². The molecule has 0 aromatic carbocycles. The number of halogens is 3. The Bertz CT molecular complexity index is 778. The maximum atomic E-state index is 12.8. The number of ether oxygens (including phenoxy) is 1. The van der Waals surface area contributed by atoms with Crippen molar-refractivity contribution in [2.45, 2.75) is 13.1 Å². The van der Waals surface area contributed by atoms with Crippen molar-refractivity contribution in [3.05, 3.63) is 29.2 Å². The van der Waals surface area contributed by atoms with Crippen LogP contribution in [0.15, 0.2) is 12.3 Å². The molecule has 0 radical (unpaired) electrons. The smallest absolute Gasteiger partial charge is 0.433 e. The minimum absolute atomic E-state index is 0.00217. The number of nitrogens with one attached hydrogen (secondary N) is 1. The molecule has 130 valence electrons. The van der Waals surface area contributed by atoms with Crippen molar-refractivity contribution in [2.24, 2.45) is 14.1 Å². The molecule has 0 spiro atoms. The molecule has 0 fully saturated rings. The minimum atomic E-state index is -4.64. The summed E-state index contributed by atoms with van der Waals surface area (Å²) in [5.41, 5.74) is -1.52. The van der Waals surface area contributed by atoms with Gasteiger partial charge >= 0.3 is 12.1 Å². The highest BCUT2D eigenvalue weighted by Crippen LogP contribution is 2.29. The van der Waals surface area contributed by atoms with Crippen LogP contribution in [0.5, 0.6) is 0 Å². The average Bonchev–Trinajstić information content (AvgIpc) is 3.03. The van der Waals surface area contributed by atoms with Crippen LogP contribution in [0.3, 0.4) is 0 Å². The highest BCUT2D eigenvalue weighted by Gasteiger charge is 2.36. The predicted molar refractivity (Wildman–Crippen MR) is 75.3 cm³/mol. The number of hydrogen-bond donors (Lipinski definition) is 1. The van der Waals surface area contributed by atoms with E-state index in [1.54, 1.807) is 6.92 Å². The van der Waals surface area contributed by atoms with E-state index in [0.717, 1.165) is 7.05 Å². The van der Waals surface area contributed by atoms with Crippen molar-refractivity contribution in [3.63, 3.8) is 0 Å². The third kappa shape index (κ3) is 3.39. The van der Waals surface area contributed by atoms with E-state index in [4.69, 9.17) is 4.74 Å². The first-order valence-electron chi connectivity index (χ1n) is 6.76. The first-order valence-corrected chi connectivity index (χ1v) is 6.76. The zero-order chi connectivity index (χ0) is 18.1. The lowest BCUT2D eigenvalue weighted by molar-refractivity contribution is -0.143. The second-order valence-corrected chi connectivity index (χ2v) is 4.74. The maximum absolute atomic E-state index is 12.8. The molecule has 0 aliphatic rings.